The second-order valence-corrected chi connectivity index (χ2v) is 43.1. The summed E-state index contributed by atoms with van der Waals surface area (Å²) in [7, 11) is -6.38. The number of rotatable bonds is 9. The number of carboxylic acids is 1. The maximum absolute atomic E-state index is 11.7. The number of halogens is 10. The molecule has 6 N–H and O–H groups in total. The SMILES string of the molecule is Brc1ccccc1I.C1CCOC1.CC(=O)O.CC1(C)OB(B2OC(C)(C)C(C)(C)O2)OC1(C)C.CC1(C)OB(c2cccc3sc4cc(Cl)ccc4c23)OC1(C)C.CS(=O)c1cc(Cl)ccc1-c1ccccc1Br.CSc1cc(Cl)ccc1-c1ccccc1Br.CSc1cc(Cl)ccc1O[B]O.Clc1ccc2c(c1)sc1cccc(Br)c12.O=S(=O)(O)O.OO. The van der Waals surface area contributed by atoms with Crippen molar-refractivity contribution in [2.75, 3.05) is 32.0 Å². The van der Waals surface area contributed by atoms with E-state index < -0.39 is 41.2 Å². The summed E-state index contributed by atoms with van der Waals surface area (Å²) in [5, 5.41) is 36.4. The summed E-state index contributed by atoms with van der Waals surface area (Å²) >= 11 is 52.9. The highest BCUT2D eigenvalue weighted by molar-refractivity contribution is 14.1. The molecular formula is C87H95B4Br4Cl5IO18S6. The number of hydrogen-bond acceptors (Lipinski definition) is 19. The van der Waals surface area contributed by atoms with Crippen LogP contribution in [0, 0.1) is 3.57 Å². The largest absolute Gasteiger partial charge is 0.569 e. The fourth-order valence-electron chi connectivity index (χ4n) is 11.7. The predicted octanol–water partition coefficient (Wildman–Crippen LogP) is 28.0. The number of hydrogen-bond donors (Lipinski definition) is 6. The van der Waals surface area contributed by atoms with E-state index in [4.69, 9.17) is 138 Å². The summed E-state index contributed by atoms with van der Waals surface area (Å²) < 4.78 is 100. The first kappa shape index (κ1) is 110. The highest BCUT2D eigenvalue weighted by Crippen LogP contribution is 2.46. The van der Waals surface area contributed by atoms with Crippen LogP contribution in [0.1, 0.15) is 103 Å². The highest BCUT2D eigenvalue weighted by Gasteiger charge is 2.64. The molecule has 1 radical (unpaired) electrons. The molecule has 16 rings (SSSR count). The molecule has 1 atom stereocenters. The Morgan fingerprint density at radius 3 is 1.26 bits per heavy atom. The van der Waals surface area contributed by atoms with Gasteiger partial charge in [-0.25, -0.2) is 0 Å². The lowest BCUT2D eigenvalue weighted by Crippen LogP contribution is -2.41. The molecule has 10 aromatic carbocycles. The maximum Gasteiger partial charge on any atom is 0.569 e. The summed E-state index contributed by atoms with van der Waals surface area (Å²) in [4.78, 5) is 11.8. The van der Waals surface area contributed by atoms with Crippen LogP contribution in [0.3, 0.4) is 0 Å². The van der Waals surface area contributed by atoms with Gasteiger partial charge in [-0.2, -0.15) is 8.42 Å². The van der Waals surface area contributed by atoms with Gasteiger partial charge in [0.15, 0.2) is 0 Å². The van der Waals surface area contributed by atoms with Gasteiger partial charge in [0.2, 0.25) is 0 Å². The molecule has 0 spiro atoms. The third-order valence-corrected chi connectivity index (χ3v) is 30.2. The van der Waals surface area contributed by atoms with Gasteiger partial charge in [0, 0.05) is 128 Å². The number of aliphatic carboxylic acids is 1. The molecule has 0 bridgehead atoms. The van der Waals surface area contributed by atoms with Crippen molar-refractivity contribution >= 4 is 292 Å². The Balaban J connectivity index is 0.000000221. The lowest BCUT2D eigenvalue weighted by atomic mass is 9.49. The van der Waals surface area contributed by atoms with Crippen molar-refractivity contribution in [1.29, 1.82) is 0 Å². The van der Waals surface area contributed by atoms with Crippen molar-refractivity contribution in [2.24, 2.45) is 0 Å². The number of carbonyl (C=O) groups is 1. The Morgan fingerprint density at radius 2 is 0.848 bits per heavy atom. The van der Waals surface area contributed by atoms with Crippen LogP contribution in [0.5, 0.6) is 5.75 Å². The minimum absolute atomic E-state index is 0.338. The maximum atomic E-state index is 11.7. The van der Waals surface area contributed by atoms with Gasteiger partial charge < -0.3 is 47.4 Å². The molecule has 669 valence electrons. The first-order valence-electron chi connectivity index (χ1n) is 38.0. The van der Waals surface area contributed by atoms with E-state index in [-0.39, 0.29) is 40.7 Å². The van der Waals surface area contributed by atoms with Crippen LogP contribution in [0.2, 0.25) is 25.1 Å². The molecular weight excluding hydrogens is 2190 g/mol. The zero-order valence-corrected chi connectivity index (χ0v) is 88.2. The number of fused-ring (bicyclic) bond motifs is 6. The second kappa shape index (κ2) is 50.6. The fraction of sp³-hybridized carbons (Fsp3) is 0.299. The van der Waals surface area contributed by atoms with Gasteiger partial charge in [0.25, 0.3) is 5.97 Å². The molecule has 6 heterocycles. The average Bonchev–Trinajstić information content (AvgIpc) is 1.58. The van der Waals surface area contributed by atoms with Crippen LogP contribution >= 0.6 is 191 Å². The first-order chi connectivity index (χ1) is 58.5. The predicted molar refractivity (Wildman–Crippen MR) is 549 cm³/mol. The van der Waals surface area contributed by atoms with Crippen molar-refractivity contribution in [2.45, 2.75) is 151 Å². The Labute approximate surface area is 825 Å². The Bertz CT molecular complexity index is 5610. The summed E-state index contributed by atoms with van der Waals surface area (Å²) in [6, 6.07) is 65.5. The normalized spacial score (nSPS) is 15.8. The van der Waals surface area contributed by atoms with E-state index >= 15 is 0 Å². The van der Waals surface area contributed by atoms with Gasteiger partial charge in [0.1, 0.15) is 5.75 Å². The van der Waals surface area contributed by atoms with E-state index in [1.807, 2.05) is 171 Å². The van der Waals surface area contributed by atoms with E-state index in [1.54, 1.807) is 65.0 Å². The minimum Gasteiger partial charge on any atom is -0.537 e. The monoisotopic (exact) mass is 2280 g/mol. The third-order valence-electron chi connectivity index (χ3n) is 19.9. The van der Waals surface area contributed by atoms with Gasteiger partial charge in [-0.15, -0.1) is 46.2 Å². The number of thioether (sulfide) groups is 2. The zero-order chi connectivity index (χ0) is 93.3. The Hall–Kier alpha value is -3.41. The number of carboxylic acid groups (broad SMARTS) is 1. The molecule has 4 aliphatic rings. The van der Waals surface area contributed by atoms with Crippen LogP contribution in [-0.4, -0.2) is 143 Å². The van der Waals surface area contributed by atoms with Crippen molar-refractivity contribution < 1.29 is 84.5 Å². The summed E-state index contributed by atoms with van der Waals surface area (Å²) in [5.74, 6) is -0.227. The van der Waals surface area contributed by atoms with Gasteiger partial charge in [0.05, 0.1) is 44.4 Å². The number of thiophene rings is 2. The van der Waals surface area contributed by atoms with Crippen molar-refractivity contribution in [3.05, 3.63) is 247 Å². The Morgan fingerprint density at radius 1 is 0.488 bits per heavy atom. The topological polar surface area (TPSA) is 263 Å². The molecule has 4 fully saturated rings. The number of ether oxygens (including phenoxy) is 1. The molecule has 0 aliphatic carbocycles. The number of benzene rings is 10. The summed E-state index contributed by atoms with van der Waals surface area (Å²) in [5.41, 5.74) is 3.36. The van der Waals surface area contributed by atoms with E-state index in [0.29, 0.717) is 23.5 Å². The van der Waals surface area contributed by atoms with Crippen LogP contribution < -0.4 is 10.1 Å². The van der Waals surface area contributed by atoms with Gasteiger partial charge >= 0.3 is 39.2 Å². The van der Waals surface area contributed by atoms with E-state index in [9.17, 15) is 4.21 Å². The minimum atomic E-state index is -4.67. The van der Waals surface area contributed by atoms with Gasteiger partial charge in [-0.05, 0) is 284 Å². The molecule has 12 aromatic rings. The van der Waals surface area contributed by atoms with Gasteiger partial charge in [-0.3, -0.25) is 28.6 Å². The van der Waals surface area contributed by atoms with E-state index in [2.05, 4.69) is 187 Å². The molecule has 4 aliphatic heterocycles. The quantitative estimate of drug-likeness (QED) is 0.0196. The second-order valence-electron chi connectivity index (χ2n) is 30.3. The van der Waals surface area contributed by atoms with E-state index in [1.165, 1.54) is 89.0 Å². The van der Waals surface area contributed by atoms with Gasteiger partial charge in [-0.1, -0.05) is 197 Å². The lowest BCUT2D eigenvalue weighted by molar-refractivity contribution is -0.176. The molecule has 0 amide bonds. The smallest absolute Gasteiger partial charge is 0.537 e. The van der Waals surface area contributed by atoms with Crippen LogP contribution in [0.4, 0.5) is 0 Å². The Kier molecular flexibility index (Phi) is 44.7. The van der Waals surface area contributed by atoms with Crippen LogP contribution in [-0.2, 0) is 58.7 Å². The highest BCUT2D eigenvalue weighted by atomic mass is 127. The van der Waals surface area contributed by atoms with Crippen molar-refractivity contribution in [1.82, 2.24) is 0 Å². The molecule has 38 heteroatoms. The summed E-state index contributed by atoms with van der Waals surface area (Å²) in [6.45, 7) is 27.6. The molecule has 125 heavy (non-hydrogen) atoms. The van der Waals surface area contributed by atoms with Crippen molar-refractivity contribution in [3.63, 3.8) is 0 Å². The molecule has 18 nitrogen and oxygen atoms in total. The first-order valence-corrected chi connectivity index (χ1v) is 51.2. The molecule has 4 saturated heterocycles. The summed E-state index contributed by atoms with van der Waals surface area (Å²) in [6.07, 6.45) is 8.19. The average molecular weight is 2290 g/mol. The fourth-order valence-corrected chi connectivity index (χ4v) is 19.6. The molecule has 0 saturated carbocycles. The molecule has 2 aromatic heterocycles. The zero-order valence-electron chi connectivity index (χ0n) is 71.0. The third kappa shape index (κ3) is 32.7. The van der Waals surface area contributed by atoms with Crippen molar-refractivity contribution in [3.8, 4) is 28.0 Å². The molecule has 1 unspecified atom stereocenters. The van der Waals surface area contributed by atoms with E-state index in [0.717, 1.165) is 75.0 Å². The van der Waals surface area contributed by atoms with Crippen LogP contribution in [0.25, 0.3) is 62.6 Å². The van der Waals surface area contributed by atoms with Crippen LogP contribution in [0.15, 0.2) is 233 Å². The standard InChI is InChI=1S/C18H18BClO2S.C13H10BrClOS.C13H10BrClS.C12H24B2O4.C12H6BrClS.C7H7BClO2S.C6H4BrI.C4H8O.C2H4O2.H2O4S.H2O2/c1-17(2)18(3,4)22-19(21-17)13-6-5-7-14-16(13)12-9-8-11(20)10-15(12)23-14;1-17(16)13-8-9(15)6-7-11(13)10-4-2-3-5-12(10)14;1-16-13-8-9(15)6-7-11(13)10-4-2-3-5-12(10)14;1-9(2)10(3,4)16-13(15-9)14-17-11(5,6)12(7,8)18-14;13-9-2-1-3-10-12(9)8-5-4-7(14)6-11(8)15-10;1-12-7-4-5(9)2-3-6(7)11-8-10;7-5-3-1-2-4-6(5)8;1-2-4-5-3-1;1-2(3)4;1-5(2,3)4;1-2/h5-10H,1-4H3;2-8H,1H3;2-8H,1H3;1-8H3;1-6H;2-4,10H,1H3;1-4H;1-4H2;1H3,(H,3,4);(H2,1,2,3,4);1-2H. The lowest BCUT2D eigenvalue weighted by Gasteiger charge is -2.32.